The summed E-state index contributed by atoms with van der Waals surface area (Å²) in [7, 11) is 0. The van der Waals surface area contributed by atoms with Crippen LogP contribution in [0.25, 0.3) is 0 Å². The first kappa shape index (κ1) is 16.5. The summed E-state index contributed by atoms with van der Waals surface area (Å²) in [5.41, 5.74) is 1.37. The molecule has 1 aliphatic heterocycles. The number of ether oxygens (including phenoxy) is 1. The fraction of sp³-hybridized carbons (Fsp3) is 0.350. The minimum atomic E-state index is -0.450. The molecule has 1 atom stereocenters. The van der Waals surface area contributed by atoms with Crippen molar-refractivity contribution in [2.45, 2.75) is 19.8 Å². The molecule has 1 saturated heterocycles. The van der Waals surface area contributed by atoms with Gasteiger partial charge in [-0.25, -0.2) is 4.39 Å². The first-order valence-electron chi connectivity index (χ1n) is 8.37. The van der Waals surface area contributed by atoms with Gasteiger partial charge < -0.3 is 9.64 Å². The second-order valence-corrected chi connectivity index (χ2v) is 6.34. The van der Waals surface area contributed by atoms with Gasteiger partial charge in [-0.2, -0.15) is 0 Å². The molecule has 1 fully saturated rings. The lowest BCUT2D eigenvalue weighted by Gasteiger charge is -2.17. The highest BCUT2D eigenvalue weighted by molar-refractivity contribution is 5.94. The molecule has 0 saturated carbocycles. The van der Waals surface area contributed by atoms with Crippen LogP contribution in [0.5, 0.6) is 5.75 Å². The number of halogens is 1. The fourth-order valence-electron chi connectivity index (χ4n) is 3.04. The van der Waals surface area contributed by atoms with Crippen LogP contribution in [0.1, 0.15) is 28.8 Å². The molecule has 2 aromatic rings. The van der Waals surface area contributed by atoms with Gasteiger partial charge in [0.05, 0.1) is 12.2 Å². The molecule has 1 amide bonds. The van der Waals surface area contributed by atoms with Crippen molar-refractivity contribution < 1.29 is 13.9 Å². The summed E-state index contributed by atoms with van der Waals surface area (Å²) < 4.78 is 19.5. The number of rotatable bonds is 5. The Hall–Kier alpha value is -2.36. The average Bonchev–Trinajstić information content (AvgIpc) is 3.05. The number of likely N-dealkylation sites (tertiary alicyclic amines) is 1. The monoisotopic (exact) mass is 327 g/mol. The molecule has 1 heterocycles. The van der Waals surface area contributed by atoms with E-state index in [4.69, 9.17) is 4.74 Å². The molecule has 0 bridgehead atoms. The van der Waals surface area contributed by atoms with E-state index in [0.717, 1.165) is 18.6 Å². The van der Waals surface area contributed by atoms with E-state index in [-0.39, 0.29) is 11.5 Å². The third-order valence-corrected chi connectivity index (χ3v) is 4.49. The van der Waals surface area contributed by atoms with Crippen LogP contribution >= 0.6 is 0 Å². The predicted molar refractivity (Wildman–Crippen MR) is 91.7 cm³/mol. The van der Waals surface area contributed by atoms with Crippen molar-refractivity contribution in [3.63, 3.8) is 0 Å². The number of carbonyl (C=O) groups excluding carboxylic acids is 1. The largest absolute Gasteiger partial charge is 0.494 e. The average molecular weight is 327 g/mol. The van der Waals surface area contributed by atoms with E-state index < -0.39 is 5.82 Å². The minimum absolute atomic E-state index is 0.161. The summed E-state index contributed by atoms with van der Waals surface area (Å²) in [5, 5.41) is 0. The lowest BCUT2D eigenvalue weighted by molar-refractivity contribution is 0.0780. The predicted octanol–water partition coefficient (Wildman–Crippen LogP) is 4.07. The van der Waals surface area contributed by atoms with E-state index in [1.165, 1.54) is 11.6 Å². The molecule has 1 aliphatic rings. The number of amides is 1. The third kappa shape index (κ3) is 3.94. The molecule has 0 N–H and O–H groups in total. The van der Waals surface area contributed by atoms with Crippen LogP contribution in [-0.4, -0.2) is 30.5 Å². The Morgan fingerprint density at radius 2 is 1.96 bits per heavy atom. The van der Waals surface area contributed by atoms with Crippen LogP contribution in [0.2, 0.25) is 0 Å². The summed E-state index contributed by atoms with van der Waals surface area (Å²) in [6.07, 6.45) is 1.84. The summed E-state index contributed by atoms with van der Waals surface area (Å²) in [4.78, 5) is 14.1. The Labute approximate surface area is 142 Å². The highest BCUT2D eigenvalue weighted by Gasteiger charge is 2.28. The van der Waals surface area contributed by atoms with Crippen molar-refractivity contribution in [1.29, 1.82) is 0 Å². The van der Waals surface area contributed by atoms with Gasteiger partial charge in [0, 0.05) is 13.1 Å². The Kier molecular flexibility index (Phi) is 5.14. The van der Waals surface area contributed by atoms with Crippen LogP contribution in [-0.2, 0) is 0 Å². The first-order chi connectivity index (χ1) is 11.6. The Morgan fingerprint density at radius 1 is 1.21 bits per heavy atom. The molecule has 24 heavy (non-hydrogen) atoms. The Morgan fingerprint density at radius 3 is 2.71 bits per heavy atom. The van der Waals surface area contributed by atoms with Gasteiger partial charge in [0.2, 0.25) is 0 Å². The van der Waals surface area contributed by atoms with Crippen LogP contribution in [0, 0.1) is 18.7 Å². The van der Waals surface area contributed by atoms with Gasteiger partial charge in [0.1, 0.15) is 11.6 Å². The Bertz CT molecular complexity index is 699. The molecule has 0 aliphatic carbocycles. The topological polar surface area (TPSA) is 29.5 Å². The van der Waals surface area contributed by atoms with E-state index in [1.807, 2.05) is 31.2 Å². The molecule has 2 aromatic carbocycles. The van der Waals surface area contributed by atoms with Gasteiger partial charge >= 0.3 is 0 Å². The number of nitrogens with zero attached hydrogens (tertiary/aromatic N) is 1. The lowest BCUT2D eigenvalue weighted by Crippen LogP contribution is -2.29. The van der Waals surface area contributed by atoms with Gasteiger partial charge in [0.15, 0.2) is 0 Å². The van der Waals surface area contributed by atoms with Crippen molar-refractivity contribution in [2.75, 3.05) is 19.7 Å². The zero-order valence-corrected chi connectivity index (χ0v) is 13.9. The van der Waals surface area contributed by atoms with Gasteiger partial charge in [-0.3, -0.25) is 4.79 Å². The first-order valence-corrected chi connectivity index (χ1v) is 8.37. The highest BCUT2D eigenvalue weighted by atomic mass is 19.1. The van der Waals surface area contributed by atoms with Crippen LogP contribution in [0.3, 0.4) is 0 Å². The van der Waals surface area contributed by atoms with E-state index in [1.54, 1.807) is 23.1 Å². The number of aryl methyl sites for hydroxylation is 1. The second-order valence-electron chi connectivity index (χ2n) is 6.34. The van der Waals surface area contributed by atoms with Gasteiger partial charge in [0.25, 0.3) is 5.91 Å². The standard InChI is InChI=1S/C20H22FNO2/c1-15-6-8-17(9-7-15)24-13-11-16-10-12-22(14-16)20(23)18-4-2-3-5-19(18)21/h2-9,16H,10-14H2,1H3. The smallest absolute Gasteiger partial charge is 0.256 e. The highest BCUT2D eigenvalue weighted by Crippen LogP contribution is 2.23. The van der Waals surface area contributed by atoms with E-state index >= 15 is 0 Å². The molecule has 1 unspecified atom stereocenters. The maximum Gasteiger partial charge on any atom is 0.256 e. The molecule has 0 radical (unpaired) electrons. The fourth-order valence-corrected chi connectivity index (χ4v) is 3.04. The van der Waals surface area contributed by atoms with Crippen molar-refractivity contribution in [3.05, 3.63) is 65.5 Å². The molecule has 0 aromatic heterocycles. The Balaban J connectivity index is 1.48. The number of benzene rings is 2. The lowest BCUT2D eigenvalue weighted by atomic mass is 10.1. The number of carbonyl (C=O) groups is 1. The van der Waals surface area contributed by atoms with Crippen LogP contribution in [0.15, 0.2) is 48.5 Å². The summed E-state index contributed by atoms with van der Waals surface area (Å²) >= 11 is 0. The molecular formula is C20H22FNO2. The zero-order valence-electron chi connectivity index (χ0n) is 13.9. The molecule has 126 valence electrons. The number of hydrogen-bond donors (Lipinski definition) is 0. The van der Waals surface area contributed by atoms with Crippen molar-refractivity contribution in [2.24, 2.45) is 5.92 Å². The second kappa shape index (κ2) is 7.47. The third-order valence-electron chi connectivity index (χ3n) is 4.49. The molecule has 4 heteroatoms. The van der Waals surface area contributed by atoms with Gasteiger partial charge in [-0.1, -0.05) is 29.8 Å². The van der Waals surface area contributed by atoms with Crippen molar-refractivity contribution in [3.8, 4) is 5.75 Å². The maximum absolute atomic E-state index is 13.7. The molecule has 3 nitrogen and oxygen atoms in total. The molecule has 3 rings (SSSR count). The van der Waals surface area contributed by atoms with Crippen molar-refractivity contribution >= 4 is 5.91 Å². The zero-order chi connectivity index (χ0) is 16.9. The molecule has 0 spiro atoms. The van der Waals surface area contributed by atoms with Crippen LogP contribution < -0.4 is 4.74 Å². The summed E-state index contributed by atoms with van der Waals surface area (Å²) in [6, 6.07) is 14.2. The SMILES string of the molecule is Cc1ccc(OCCC2CCN(C(=O)c3ccccc3F)C2)cc1. The summed E-state index contributed by atoms with van der Waals surface area (Å²) in [6.45, 7) is 4.03. The van der Waals surface area contributed by atoms with E-state index in [2.05, 4.69) is 0 Å². The molecular weight excluding hydrogens is 305 g/mol. The normalized spacial score (nSPS) is 17.1. The van der Waals surface area contributed by atoms with E-state index in [9.17, 15) is 9.18 Å². The van der Waals surface area contributed by atoms with Gasteiger partial charge in [-0.15, -0.1) is 0 Å². The maximum atomic E-state index is 13.7. The minimum Gasteiger partial charge on any atom is -0.494 e. The quantitative estimate of drug-likeness (QED) is 0.828. The van der Waals surface area contributed by atoms with Gasteiger partial charge in [-0.05, 0) is 49.9 Å². The number of hydrogen-bond acceptors (Lipinski definition) is 2. The van der Waals surface area contributed by atoms with Crippen molar-refractivity contribution in [1.82, 2.24) is 4.90 Å². The van der Waals surface area contributed by atoms with Crippen LogP contribution in [0.4, 0.5) is 4.39 Å². The summed E-state index contributed by atoms with van der Waals surface area (Å²) in [5.74, 6) is 0.618. The van der Waals surface area contributed by atoms with E-state index in [0.29, 0.717) is 25.6 Å².